The second-order valence-electron chi connectivity index (χ2n) is 4.52. The van der Waals surface area contributed by atoms with Crippen molar-refractivity contribution in [2.24, 2.45) is 0 Å². The first kappa shape index (κ1) is 19.2. The molecule has 6 nitrogen and oxygen atoms in total. The standard InChI is InChI=1S/C12H10N3O3.C5H5.Fe/c16-12(13-9-4-1-2-5-9)14-10-6-3-7-11(8-10)15(17)18;1-2-4-5-3-1;/h1-8H,(H2,13,14,16);1-5H;/q2*-1;+2. The van der Waals surface area contributed by atoms with Crippen molar-refractivity contribution < 1.29 is 26.8 Å². The van der Waals surface area contributed by atoms with E-state index < -0.39 is 11.0 Å². The fraction of sp³-hybridized carbons (Fsp3) is 0. The molecule has 0 fully saturated rings. The number of carbonyl (C=O) groups is 1. The van der Waals surface area contributed by atoms with Gasteiger partial charge in [-0.25, -0.2) is 16.9 Å². The second-order valence-corrected chi connectivity index (χ2v) is 4.52. The van der Waals surface area contributed by atoms with Gasteiger partial charge < -0.3 is 10.6 Å². The minimum atomic E-state index is -0.514. The van der Waals surface area contributed by atoms with Crippen LogP contribution < -0.4 is 10.6 Å². The van der Waals surface area contributed by atoms with Gasteiger partial charge in [0.15, 0.2) is 0 Å². The van der Waals surface area contributed by atoms with Crippen molar-refractivity contribution in [1.82, 2.24) is 0 Å². The Morgan fingerprint density at radius 3 is 2.21 bits per heavy atom. The van der Waals surface area contributed by atoms with Crippen LogP contribution >= 0.6 is 0 Å². The monoisotopic (exact) mass is 365 g/mol. The van der Waals surface area contributed by atoms with Crippen molar-refractivity contribution in [3.8, 4) is 0 Å². The number of nitrogens with one attached hydrogen (secondary N) is 2. The summed E-state index contributed by atoms with van der Waals surface area (Å²) in [5.41, 5.74) is 0.965. The molecular weight excluding hydrogens is 350 g/mol. The Bertz CT molecular complexity index is 723. The van der Waals surface area contributed by atoms with E-state index in [-0.39, 0.29) is 22.8 Å². The molecule has 0 saturated heterocycles. The number of rotatable bonds is 3. The van der Waals surface area contributed by atoms with Gasteiger partial charge in [-0.05, 0) is 6.07 Å². The van der Waals surface area contributed by atoms with Gasteiger partial charge in [0, 0.05) is 17.8 Å². The molecule has 0 aliphatic heterocycles. The number of nitro benzene ring substituents is 1. The maximum absolute atomic E-state index is 11.6. The van der Waals surface area contributed by atoms with E-state index >= 15 is 0 Å². The molecule has 0 aliphatic carbocycles. The van der Waals surface area contributed by atoms with E-state index in [0.29, 0.717) is 11.4 Å². The van der Waals surface area contributed by atoms with Crippen LogP contribution in [0.4, 0.5) is 21.9 Å². The predicted octanol–water partition coefficient (Wildman–Crippen LogP) is 4.36. The summed E-state index contributed by atoms with van der Waals surface area (Å²) < 4.78 is 0. The van der Waals surface area contributed by atoms with E-state index in [2.05, 4.69) is 10.6 Å². The molecule has 0 radical (unpaired) electrons. The fourth-order valence-electron chi connectivity index (χ4n) is 1.77. The molecule has 0 bridgehead atoms. The summed E-state index contributed by atoms with van der Waals surface area (Å²) in [6.45, 7) is 0. The van der Waals surface area contributed by atoms with Gasteiger partial charge in [0.05, 0.1) is 4.92 Å². The first-order valence-corrected chi connectivity index (χ1v) is 6.86. The largest absolute Gasteiger partial charge is 2.00 e. The van der Waals surface area contributed by atoms with E-state index in [1.807, 2.05) is 30.3 Å². The number of urea groups is 1. The van der Waals surface area contributed by atoms with Crippen LogP contribution in [0.2, 0.25) is 0 Å². The first-order chi connectivity index (χ1) is 11.1. The summed E-state index contributed by atoms with van der Waals surface area (Å²) in [5, 5.41) is 15.7. The maximum Gasteiger partial charge on any atom is 2.00 e. The number of benzene rings is 1. The predicted molar refractivity (Wildman–Crippen MR) is 89.8 cm³/mol. The Labute approximate surface area is 149 Å². The molecule has 7 heteroatoms. The summed E-state index contributed by atoms with van der Waals surface area (Å²) in [6, 6.07) is 22.4. The van der Waals surface area contributed by atoms with Gasteiger partial charge in [-0.2, -0.15) is 42.5 Å². The summed E-state index contributed by atoms with van der Waals surface area (Å²) in [4.78, 5) is 21.6. The summed E-state index contributed by atoms with van der Waals surface area (Å²) in [5.74, 6) is 0. The van der Waals surface area contributed by atoms with Crippen LogP contribution in [0.25, 0.3) is 0 Å². The molecule has 0 unspecified atom stereocenters. The number of carbonyl (C=O) groups excluding carboxylic acids is 1. The van der Waals surface area contributed by atoms with E-state index in [9.17, 15) is 14.9 Å². The van der Waals surface area contributed by atoms with Crippen molar-refractivity contribution in [2.45, 2.75) is 0 Å². The smallest absolute Gasteiger partial charge is 0.371 e. The maximum atomic E-state index is 11.6. The van der Waals surface area contributed by atoms with Crippen LogP contribution in [0.1, 0.15) is 0 Å². The molecular formula is C17H15FeN3O3. The number of non-ortho nitro benzene ring substituents is 1. The fourth-order valence-corrected chi connectivity index (χ4v) is 1.77. The second kappa shape index (κ2) is 9.99. The molecule has 0 heterocycles. The summed E-state index contributed by atoms with van der Waals surface area (Å²) >= 11 is 0. The molecule has 3 aromatic carbocycles. The Morgan fingerprint density at radius 1 is 0.958 bits per heavy atom. The normalized spacial score (nSPS) is 9.00. The number of amides is 2. The topological polar surface area (TPSA) is 84.3 Å². The molecule has 24 heavy (non-hydrogen) atoms. The average molecular weight is 365 g/mol. The number of nitro groups is 1. The molecule has 2 N–H and O–H groups in total. The third-order valence-corrected chi connectivity index (χ3v) is 2.79. The molecule has 3 aromatic rings. The zero-order valence-corrected chi connectivity index (χ0v) is 13.6. The van der Waals surface area contributed by atoms with Gasteiger partial charge in [-0.3, -0.25) is 10.1 Å². The molecule has 0 saturated carbocycles. The third-order valence-electron chi connectivity index (χ3n) is 2.79. The summed E-state index contributed by atoms with van der Waals surface area (Å²) in [6.07, 6.45) is 0. The minimum Gasteiger partial charge on any atom is -0.371 e. The van der Waals surface area contributed by atoms with Crippen molar-refractivity contribution in [3.63, 3.8) is 0 Å². The van der Waals surface area contributed by atoms with Crippen LogP contribution in [-0.2, 0) is 17.1 Å². The van der Waals surface area contributed by atoms with Gasteiger partial charge in [0.1, 0.15) is 0 Å². The van der Waals surface area contributed by atoms with Crippen LogP contribution in [-0.4, -0.2) is 11.0 Å². The average Bonchev–Trinajstić information content (AvgIpc) is 3.23. The molecule has 0 atom stereocenters. The molecule has 124 valence electrons. The number of hydrogen-bond donors (Lipinski definition) is 2. The van der Waals surface area contributed by atoms with Gasteiger partial charge in [0.25, 0.3) is 5.69 Å². The molecule has 0 aliphatic rings. The Balaban J connectivity index is 0.000000412. The van der Waals surface area contributed by atoms with Crippen LogP contribution in [0.5, 0.6) is 0 Å². The van der Waals surface area contributed by atoms with E-state index in [1.54, 1.807) is 30.3 Å². The van der Waals surface area contributed by atoms with Crippen LogP contribution in [0.3, 0.4) is 0 Å². The Hall–Kier alpha value is -2.89. The first-order valence-electron chi connectivity index (χ1n) is 6.86. The number of anilines is 2. The quantitative estimate of drug-likeness (QED) is 0.313. The van der Waals surface area contributed by atoms with Gasteiger partial charge in [0.2, 0.25) is 0 Å². The number of nitrogens with zero attached hydrogens (tertiary/aromatic N) is 1. The Kier molecular flexibility index (Phi) is 7.98. The minimum absolute atomic E-state index is 0. The van der Waals surface area contributed by atoms with Crippen molar-refractivity contribution >= 4 is 23.1 Å². The third kappa shape index (κ3) is 6.48. The zero-order chi connectivity index (χ0) is 16.5. The van der Waals surface area contributed by atoms with E-state index in [1.165, 1.54) is 18.2 Å². The summed E-state index contributed by atoms with van der Waals surface area (Å²) in [7, 11) is 0. The van der Waals surface area contributed by atoms with Gasteiger partial charge in [-0.1, -0.05) is 6.07 Å². The molecule has 0 spiro atoms. The van der Waals surface area contributed by atoms with Crippen molar-refractivity contribution in [3.05, 3.63) is 89.0 Å². The van der Waals surface area contributed by atoms with Gasteiger partial charge in [-0.15, -0.1) is 5.69 Å². The Morgan fingerprint density at radius 2 is 1.67 bits per heavy atom. The van der Waals surface area contributed by atoms with Crippen molar-refractivity contribution in [1.29, 1.82) is 0 Å². The van der Waals surface area contributed by atoms with Crippen LogP contribution in [0, 0.1) is 10.1 Å². The molecule has 3 rings (SSSR count). The number of hydrogen-bond acceptors (Lipinski definition) is 3. The molecule has 0 aromatic heterocycles. The van der Waals surface area contributed by atoms with Gasteiger partial charge >= 0.3 is 23.1 Å². The molecule has 2 amide bonds. The SMILES string of the molecule is O=C(Nc1cc[cH-]c1)Nc1cccc([N+](=O)[O-])c1.[Fe+2].c1cc[cH-]c1. The van der Waals surface area contributed by atoms with Crippen molar-refractivity contribution in [2.75, 3.05) is 10.6 Å². The van der Waals surface area contributed by atoms with E-state index in [0.717, 1.165) is 0 Å². The van der Waals surface area contributed by atoms with Crippen LogP contribution in [0.15, 0.2) is 78.9 Å². The van der Waals surface area contributed by atoms with E-state index in [4.69, 9.17) is 0 Å². The zero-order valence-electron chi connectivity index (χ0n) is 12.5.